The van der Waals surface area contributed by atoms with E-state index in [0.717, 1.165) is 31.9 Å². The zero-order valence-corrected chi connectivity index (χ0v) is 13.4. The Kier molecular flexibility index (Phi) is 4.89. The maximum atomic E-state index is 13.7. The van der Waals surface area contributed by atoms with Crippen LogP contribution in [0.4, 0.5) is 4.39 Å². The number of nitrogens with zero attached hydrogens (tertiary/aromatic N) is 1. The Morgan fingerprint density at radius 3 is 2.95 bits per heavy atom. The van der Waals surface area contributed by atoms with E-state index in [1.165, 1.54) is 6.07 Å². The summed E-state index contributed by atoms with van der Waals surface area (Å²) >= 11 is 6.06. The van der Waals surface area contributed by atoms with Crippen LogP contribution in [0.25, 0.3) is 0 Å². The molecule has 1 aromatic carbocycles. The minimum Gasteiger partial charge on any atom is -0.356 e. The van der Waals surface area contributed by atoms with Gasteiger partial charge in [0, 0.05) is 35.6 Å². The zero-order valence-electron chi connectivity index (χ0n) is 10.3. The van der Waals surface area contributed by atoms with Gasteiger partial charge in [-0.3, -0.25) is 4.99 Å². The normalized spacial score (nSPS) is 24.8. The Balaban J connectivity index is 0.00000133. The van der Waals surface area contributed by atoms with Crippen LogP contribution in [0, 0.1) is 5.82 Å². The Bertz CT molecular complexity index is 475. The third-order valence-corrected chi connectivity index (χ3v) is 3.71. The van der Waals surface area contributed by atoms with Gasteiger partial charge >= 0.3 is 0 Å². The van der Waals surface area contributed by atoms with Crippen molar-refractivity contribution in [2.45, 2.75) is 24.8 Å². The van der Waals surface area contributed by atoms with Gasteiger partial charge in [0.1, 0.15) is 5.82 Å². The molecule has 1 aliphatic carbocycles. The van der Waals surface area contributed by atoms with Gasteiger partial charge in [-0.1, -0.05) is 17.7 Å². The average Bonchev–Trinajstić information content (AvgIpc) is 3.09. The summed E-state index contributed by atoms with van der Waals surface area (Å²) in [7, 11) is 0. The second-order valence-electron chi connectivity index (χ2n) is 4.74. The van der Waals surface area contributed by atoms with E-state index >= 15 is 0 Å². The number of halogens is 3. The van der Waals surface area contributed by atoms with Crippen LogP contribution in [0.2, 0.25) is 5.02 Å². The number of hydrogen-bond donors (Lipinski definition) is 2. The van der Waals surface area contributed by atoms with Crippen molar-refractivity contribution in [3.63, 3.8) is 0 Å². The van der Waals surface area contributed by atoms with E-state index in [4.69, 9.17) is 11.6 Å². The molecular weight excluding hydrogens is 380 g/mol. The molecule has 1 aliphatic heterocycles. The van der Waals surface area contributed by atoms with E-state index < -0.39 is 0 Å². The molecule has 1 heterocycles. The van der Waals surface area contributed by atoms with Gasteiger partial charge in [-0.25, -0.2) is 4.39 Å². The third kappa shape index (κ3) is 3.31. The lowest BCUT2D eigenvalue weighted by Crippen LogP contribution is -2.42. The first-order valence-electron chi connectivity index (χ1n) is 6.24. The summed E-state index contributed by atoms with van der Waals surface area (Å²) in [5, 5.41) is 7.03. The molecule has 3 rings (SSSR count). The van der Waals surface area contributed by atoms with Crippen molar-refractivity contribution in [1.29, 1.82) is 0 Å². The van der Waals surface area contributed by atoms with Gasteiger partial charge in [0.05, 0.1) is 0 Å². The van der Waals surface area contributed by atoms with Crippen LogP contribution in [-0.4, -0.2) is 25.1 Å². The summed E-state index contributed by atoms with van der Waals surface area (Å²) in [4.78, 5) is 4.35. The summed E-state index contributed by atoms with van der Waals surface area (Å²) < 4.78 is 13.7. The first-order chi connectivity index (χ1) is 8.75. The van der Waals surface area contributed by atoms with Gasteiger partial charge < -0.3 is 10.6 Å². The molecule has 0 amide bonds. The molecule has 2 aliphatic rings. The van der Waals surface area contributed by atoms with Gasteiger partial charge in [-0.05, 0) is 25.0 Å². The summed E-state index contributed by atoms with van der Waals surface area (Å²) in [6.07, 6.45) is 1.97. The molecule has 1 saturated carbocycles. The lowest BCUT2D eigenvalue weighted by Gasteiger charge is -2.16. The largest absolute Gasteiger partial charge is 0.356 e. The zero-order chi connectivity index (χ0) is 12.5. The minimum atomic E-state index is -0.213. The van der Waals surface area contributed by atoms with Crippen molar-refractivity contribution < 1.29 is 4.39 Å². The predicted octanol–water partition coefficient (Wildman–Crippen LogP) is 2.89. The van der Waals surface area contributed by atoms with E-state index in [9.17, 15) is 4.39 Å². The van der Waals surface area contributed by atoms with Crippen molar-refractivity contribution in [2.75, 3.05) is 13.1 Å². The van der Waals surface area contributed by atoms with Gasteiger partial charge in [0.15, 0.2) is 5.96 Å². The molecule has 0 spiro atoms. The molecule has 1 aromatic rings. The second kappa shape index (κ2) is 6.26. The number of aliphatic imine (C=N–C) groups is 1. The topological polar surface area (TPSA) is 36.4 Å². The standard InChI is InChI=1S/C13H15ClFN3.HI/c14-9-3-1-4-10(15)12(9)8-7-11(8)18-13-16-5-2-6-17-13;/h1,3-4,8,11H,2,5-7H2,(H2,16,17,18);1H/t8-,11-;/m1./s1. The maximum absolute atomic E-state index is 13.7. The molecule has 0 saturated heterocycles. The molecule has 0 radical (unpaired) electrons. The van der Waals surface area contributed by atoms with E-state index in [1.54, 1.807) is 12.1 Å². The second-order valence-corrected chi connectivity index (χ2v) is 5.15. The van der Waals surface area contributed by atoms with Crippen LogP contribution in [-0.2, 0) is 0 Å². The van der Waals surface area contributed by atoms with E-state index in [1.807, 2.05) is 0 Å². The van der Waals surface area contributed by atoms with E-state index in [-0.39, 0.29) is 41.8 Å². The number of benzene rings is 1. The summed E-state index contributed by atoms with van der Waals surface area (Å²) in [6, 6.07) is 5.08. The summed E-state index contributed by atoms with van der Waals surface area (Å²) in [6.45, 7) is 1.80. The molecule has 3 nitrogen and oxygen atoms in total. The molecule has 6 heteroatoms. The van der Waals surface area contributed by atoms with E-state index in [2.05, 4.69) is 15.6 Å². The molecule has 19 heavy (non-hydrogen) atoms. The first kappa shape index (κ1) is 14.8. The van der Waals surface area contributed by atoms with Gasteiger partial charge in [-0.2, -0.15) is 0 Å². The van der Waals surface area contributed by atoms with Crippen molar-refractivity contribution >= 4 is 41.5 Å². The van der Waals surface area contributed by atoms with Crippen molar-refractivity contribution in [2.24, 2.45) is 4.99 Å². The highest BCUT2D eigenvalue weighted by Gasteiger charge is 2.42. The first-order valence-corrected chi connectivity index (χ1v) is 6.62. The fourth-order valence-corrected chi connectivity index (χ4v) is 2.65. The number of hydrogen-bond acceptors (Lipinski definition) is 3. The fraction of sp³-hybridized carbons (Fsp3) is 0.462. The van der Waals surface area contributed by atoms with Crippen LogP contribution in [0.1, 0.15) is 24.3 Å². The Morgan fingerprint density at radius 1 is 1.42 bits per heavy atom. The Labute approximate surface area is 134 Å². The maximum Gasteiger partial charge on any atom is 0.191 e. The van der Waals surface area contributed by atoms with Gasteiger partial charge in [0.25, 0.3) is 0 Å². The molecule has 2 N–H and O–H groups in total. The number of rotatable bonds is 2. The van der Waals surface area contributed by atoms with Gasteiger partial charge in [0.2, 0.25) is 0 Å². The minimum absolute atomic E-state index is 0. The van der Waals surface area contributed by atoms with Crippen molar-refractivity contribution in [3.8, 4) is 0 Å². The molecule has 0 aromatic heterocycles. The van der Waals surface area contributed by atoms with Crippen LogP contribution in [0.15, 0.2) is 23.2 Å². The highest BCUT2D eigenvalue weighted by Crippen LogP contribution is 2.44. The van der Waals surface area contributed by atoms with Gasteiger partial charge in [-0.15, -0.1) is 24.0 Å². The lowest BCUT2D eigenvalue weighted by atomic mass is 10.1. The summed E-state index contributed by atoms with van der Waals surface area (Å²) in [5.74, 6) is 0.779. The van der Waals surface area contributed by atoms with Crippen LogP contribution >= 0.6 is 35.6 Å². The number of guanidine groups is 1. The molecule has 0 unspecified atom stereocenters. The quantitative estimate of drug-likeness (QED) is 0.756. The smallest absolute Gasteiger partial charge is 0.191 e. The highest BCUT2D eigenvalue weighted by molar-refractivity contribution is 14.0. The monoisotopic (exact) mass is 395 g/mol. The molecule has 104 valence electrons. The molecule has 1 fully saturated rings. The van der Waals surface area contributed by atoms with Crippen LogP contribution in [0.5, 0.6) is 0 Å². The highest BCUT2D eigenvalue weighted by atomic mass is 127. The van der Waals surface area contributed by atoms with Crippen LogP contribution in [0.3, 0.4) is 0 Å². The third-order valence-electron chi connectivity index (χ3n) is 3.38. The number of nitrogens with one attached hydrogen (secondary N) is 2. The fourth-order valence-electron chi connectivity index (χ4n) is 2.34. The summed E-state index contributed by atoms with van der Waals surface area (Å²) in [5.41, 5.74) is 0.632. The average molecular weight is 396 g/mol. The molecule has 2 atom stereocenters. The Hall–Kier alpha value is -0.560. The lowest BCUT2D eigenvalue weighted by molar-refractivity contribution is 0.607. The van der Waals surface area contributed by atoms with Crippen molar-refractivity contribution in [1.82, 2.24) is 10.6 Å². The SMILES string of the molecule is Fc1cccc(Cl)c1[C@@H]1C[C@H]1NC1=NCCCN1.I. The van der Waals surface area contributed by atoms with E-state index in [0.29, 0.717) is 10.6 Å². The predicted molar refractivity (Wildman–Crippen MR) is 86.0 cm³/mol. The Morgan fingerprint density at radius 2 is 2.26 bits per heavy atom. The van der Waals surface area contributed by atoms with Crippen molar-refractivity contribution in [3.05, 3.63) is 34.6 Å². The molecular formula is C13H16ClFIN3. The molecule has 0 bridgehead atoms. The van der Waals surface area contributed by atoms with Crippen LogP contribution < -0.4 is 10.6 Å².